The summed E-state index contributed by atoms with van der Waals surface area (Å²) in [5, 5.41) is 5.52. The molecule has 130 valence electrons. The third-order valence-electron chi connectivity index (χ3n) is 3.27. The van der Waals surface area contributed by atoms with Gasteiger partial charge in [0.15, 0.2) is 5.78 Å². The van der Waals surface area contributed by atoms with E-state index in [1.807, 2.05) is 20.8 Å². The van der Waals surface area contributed by atoms with Gasteiger partial charge in [0.2, 0.25) is 0 Å². The standard InChI is InChI=1S/C19H21N3O3/c1-12(23)13-6-5-7-15(10-13)21-18(25)16-11-14(8-9-20-16)17(24)22-19(2,3)4/h5-11H,1-4H3,(H,21,25)(H,22,24). The molecular weight excluding hydrogens is 318 g/mol. The maximum atomic E-state index is 12.4. The maximum absolute atomic E-state index is 12.4. The summed E-state index contributed by atoms with van der Waals surface area (Å²) in [4.78, 5) is 40.0. The molecule has 0 aliphatic heterocycles. The normalized spacial score (nSPS) is 10.9. The number of ketones is 1. The fraction of sp³-hybridized carbons (Fsp3) is 0.263. The van der Waals surface area contributed by atoms with Crippen LogP contribution in [0.25, 0.3) is 0 Å². The molecule has 0 bridgehead atoms. The SMILES string of the molecule is CC(=O)c1cccc(NC(=O)c2cc(C(=O)NC(C)(C)C)ccn2)c1. The summed E-state index contributed by atoms with van der Waals surface area (Å²) in [6, 6.07) is 9.62. The molecule has 0 atom stereocenters. The van der Waals surface area contributed by atoms with Crippen LogP contribution in [0.1, 0.15) is 58.9 Å². The number of hydrogen-bond donors (Lipinski definition) is 2. The van der Waals surface area contributed by atoms with E-state index in [0.717, 1.165) is 0 Å². The lowest BCUT2D eigenvalue weighted by Gasteiger charge is -2.20. The number of benzene rings is 1. The van der Waals surface area contributed by atoms with Crippen molar-refractivity contribution in [3.8, 4) is 0 Å². The van der Waals surface area contributed by atoms with Gasteiger partial charge in [0, 0.05) is 28.6 Å². The first-order chi connectivity index (χ1) is 11.7. The Bertz CT molecular complexity index is 823. The molecule has 0 unspecified atom stereocenters. The van der Waals surface area contributed by atoms with Crippen molar-refractivity contribution < 1.29 is 14.4 Å². The summed E-state index contributed by atoms with van der Waals surface area (Å²) in [5.74, 6) is -0.816. The van der Waals surface area contributed by atoms with E-state index >= 15 is 0 Å². The maximum Gasteiger partial charge on any atom is 0.274 e. The summed E-state index contributed by atoms with van der Waals surface area (Å²) >= 11 is 0. The van der Waals surface area contributed by atoms with Crippen LogP contribution in [0.15, 0.2) is 42.6 Å². The molecule has 2 aromatic rings. The van der Waals surface area contributed by atoms with Gasteiger partial charge >= 0.3 is 0 Å². The minimum absolute atomic E-state index is 0.0879. The molecule has 0 spiro atoms. The first kappa shape index (κ1) is 18.3. The van der Waals surface area contributed by atoms with Gasteiger partial charge in [0.05, 0.1) is 0 Å². The monoisotopic (exact) mass is 339 g/mol. The quantitative estimate of drug-likeness (QED) is 0.838. The highest BCUT2D eigenvalue weighted by molar-refractivity contribution is 6.05. The lowest BCUT2D eigenvalue weighted by molar-refractivity contribution is 0.0918. The highest BCUT2D eigenvalue weighted by atomic mass is 16.2. The Hall–Kier alpha value is -3.02. The molecule has 2 rings (SSSR count). The van der Waals surface area contributed by atoms with E-state index in [-0.39, 0.29) is 22.9 Å². The van der Waals surface area contributed by atoms with Crippen LogP contribution in [0.5, 0.6) is 0 Å². The summed E-state index contributed by atoms with van der Waals surface area (Å²) in [6.45, 7) is 7.09. The molecule has 2 N–H and O–H groups in total. The second-order valence-electron chi connectivity index (χ2n) is 6.72. The van der Waals surface area contributed by atoms with Crippen molar-refractivity contribution in [2.24, 2.45) is 0 Å². The van der Waals surface area contributed by atoms with E-state index in [1.165, 1.54) is 19.2 Å². The van der Waals surface area contributed by atoms with Crippen LogP contribution in [0.4, 0.5) is 5.69 Å². The lowest BCUT2D eigenvalue weighted by atomic mass is 10.1. The minimum Gasteiger partial charge on any atom is -0.347 e. The van der Waals surface area contributed by atoms with Gasteiger partial charge in [-0.3, -0.25) is 19.4 Å². The van der Waals surface area contributed by atoms with E-state index in [4.69, 9.17) is 0 Å². The Morgan fingerprint density at radius 3 is 2.32 bits per heavy atom. The third kappa shape index (κ3) is 5.24. The Kier molecular flexibility index (Phi) is 5.32. The molecule has 1 aromatic carbocycles. The Balaban J connectivity index is 2.17. The summed E-state index contributed by atoms with van der Waals surface area (Å²) in [7, 11) is 0. The Labute approximate surface area is 146 Å². The average Bonchev–Trinajstić information content (AvgIpc) is 2.53. The van der Waals surface area contributed by atoms with Crippen molar-refractivity contribution in [1.82, 2.24) is 10.3 Å². The zero-order valence-electron chi connectivity index (χ0n) is 14.7. The van der Waals surface area contributed by atoms with E-state index in [9.17, 15) is 14.4 Å². The van der Waals surface area contributed by atoms with Crippen molar-refractivity contribution in [3.63, 3.8) is 0 Å². The van der Waals surface area contributed by atoms with Crippen LogP contribution in [0.3, 0.4) is 0 Å². The third-order valence-corrected chi connectivity index (χ3v) is 3.27. The summed E-state index contributed by atoms with van der Waals surface area (Å²) < 4.78 is 0. The van der Waals surface area contributed by atoms with Gasteiger partial charge in [0.25, 0.3) is 11.8 Å². The first-order valence-corrected chi connectivity index (χ1v) is 7.86. The number of anilines is 1. The Morgan fingerprint density at radius 1 is 0.960 bits per heavy atom. The molecule has 0 saturated heterocycles. The summed E-state index contributed by atoms with van der Waals surface area (Å²) in [5.41, 5.74) is 1.09. The first-order valence-electron chi connectivity index (χ1n) is 7.86. The largest absolute Gasteiger partial charge is 0.347 e. The number of amides is 2. The van der Waals surface area contributed by atoms with Crippen molar-refractivity contribution in [3.05, 3.63) is 59.4 Å². The van der Waals surface area contributed by atoms with Crippen molar-refractivity contribution in [2.45, 2.75) is 33.2 Å². The number of carbonyl (C=O) groups is 3. The number of nitrogens with zero attached hydrogens (tertiary/aromatic N) is 1. The number of rotatable bonds is 4. The zero-order valence-corrected chi connectivity index (χ0v) is 14.7. The molecule has 0 saturated carbocycles. The number of hydrogen-bond acceptors (Lipinski definition) is 4. The van der Waals surface area contributed by atoms with E-state index < -0.39 is 5.91 Å². The van der Waals surface area contributed by atoms with Crippen LogP contribution in [0, 0.1) is 0 Å². The van der Waals surface area contributed by atoms with Crippen LogP contribution in [0.2, 0.25) is 0 Å². The van der Waals surface area contributed by atoms with Gasteiger partial charge < -0.3 is 10.6 Å². The van der Waals surface area contributed by atoms with E-state index in [0.29, 0.717) is 16.8 Å². The molecule has 6 heteroatoms. The number of Topliss-reactive ketones (excluding diaryl/α,β-unsaturated/α-hetero) is 1. The highest BCUT2D eigenvalue weighted by Crippen LogP contribution is 2.13. The number of pyridine rings is 1. The van der Waals surface area contributed by atoms with Crippen molar-refractivity contribution >= 4 is 23.3 Å². The van der Waals surface area contributed by atoms with Gasteiger partial charge in [-0.25, -0.2) is 0 Å². The molecule has 25 heavy (non-hydrogen) atoms. The highest BCUT2D eigenvalue weighted by Gasteiger charge is 2.17. The predicted octanol–water partition coefficient (Wildman–Crippen LogP) is 3.06. The van der Waals surface area contributed by atoms with Crippen molar-refractivity contribution in [1.29, 1.82) is 0 Å². The van der Waals surface area contributed by atoms with Crippen molar-refractivity contribution in [2.75, 3.05) is 5.32 Å². The van der Waals surface area contributed by atoms with Crippen LogP contribution in [-0.2, 0) is 0 Å². The molecule has 2 amide bonds. The van der Waals surface area contributed by atoms with Crippen LogP contribution in [-0.4, -0.2) is 28.1 Å². The minimum atomic E-state index is -0.453. The summed E-state index contributed by atoms with van der Waals surface area (Å²) in [6.07, 6.45) is 1.42. The number of aromatic nitrogens is 1. The second kappa shape index (κ2) is 7.25. The molecule has 6 nitrogen and oxygen atoms in total. The van der Waals surface area contributed by atoms with E-state index in [1.54, 1.807) is 30.3 Å². The molecule has 0 fully saturated rings. The van der Waals surface area contributed by atoms with Gasteiger partial charge in [-0.05, 0) is 52.0 Å². The van der Waals surface area contributed by atoms with Crippen LogP contribution >= 0.6 is 0 Å². The molecule has 0 aliphatic rings. The Morgan fingerprint density at radius 2 is 1.68 bits per heavy atom. The molecular formula is C19H21N3O3. The number of nitrogens with one attached hydrogen (secondary N) is 2. The molecule has 1 aromatic heterocycles. The topological polar surface area (TPSA) is 88.2 Å². The second-order valence-corrected chi connectivity index (χ2v) is 6.72. The van der Waals surface area contributed by atoms with Crippen LogP contribution < -0.4 is 10.6 Å². The lowest BCUT2D eigenvalue weighted by Crippen LogP contribution is -2.40. The molecule has 1 heterocycles. The predicted molar refractivity (Wildman–Crippen MR) is 95.9 cm³/mol. The molecule has 0 radical (unpaired) electrons. The number of carbonyl (C=O) groups excluding carboxylic acids is 3. The average molecular weight is 339 g/mol. The van der Waals surface area contributed by atoms with Gasteiger partial charge in [0.1, 0.15) is 5.69 Å². The smallest absolute Gasteiger partial charge is 0.274 e. The van der Waals surface area contributed by atoms with Gasteiger partial charge in [-0.2, -0.15) is 0 Å². The van der Waals surface area contributed by atoms with E-state index in [2.05, 4.69) is 15.6 Å². The van der Waals surface area contributed by atoms with Gasteiger partial charge in [-0.15, -0.1) is 0 Å². The fourth-order valence-corrected chi connectivity index (χ4v) is 2.12. The zero-order chi connectivity index (χ0) is 18.6. The fourth-order valence-electron chi connectivity index (χ4n) is 2.12. The molecule has 0 aliphatic carbocycles. The van der Waals surface area contributed by atoms with Gasteiger partial charge in [-0.1, -0.05) is 12.1 Å².